The molecule has 0 saturated carbocycles. The summed E-state index contributed by atoms with van der Waals surface area (Å²) in [6, 6.07) is 15.9. The number of ether oxygens (including phenoxy) is 1. The number of nitrogens with one attached hydrogen (secondary N) is 1. The highest BCUT2D eigenvalue weighted by Gasteiger charge is 2.35. The predicted octanol–water partition coefficient (Wildman–Crippen LogP) is 8.68. The number of carboxylic acids is 1. The molecule has 0 aromatic heterocycles. The van der Waals surface area contributed by atoms with Gasteiger partial charge < -0.3 is 15.2 Å². The second kappa shape index (κ2) is 13.5. The van der Waals surface area contributed by atoms with E-state index in [2.05, 4.69) is 21.2 Å². The van der Waals surface area contributed by atoms with Crippen LogP contribution in [0.5, 0.6) is 5.75 Å². The second-order valence-electron chi connectivity index (χ2n) is 8.77. The molecule has 1 amide bonds. The summed E-state index contributed by atoms with van der Waals surface area (Å²) in [6.45, 7) is 1.98. The molecule has 3 rings (SSSR count). The van der Waals surface area contributed by atoms with E-state index in [0.717, 1.165) is 18.1 Å². The van der Waals surface area contributed by atoms with Crippen LogP contribution in [0.3, 0.4) is 0 Å². The number of hydrogen-bond donors (Lipinski definition) is 2. The number of halogens is 6. The molecule has 1 unspecified atom stereocenters. The fraction of sp³-hybridized carbons (Fsp3) is 0.286. The summed E-state index contributed by atoms with van der Waals surface area (Å²) in [5.41, 5.74) is 0.837. The quantitative estimate of drug-likeness (QED) is 0.219. The number of carboxylic acid groups (broad SMARTS) is 1. The summed E-state index contributed by atoms with van der Waals surface area (Å²) >= 11 is 15.1. The van der Waals surface area contributed by atoms with Crippen LogP contribution in [0.25, 0.3) is 0 Å². The molecule has 0 bridgehead atoms. The Morgan fingerprint density at radius 3 is 2.21 bits per heavy atom. The average Bonchev–Trinajstić information content (AvgIpc) is 2.88. The number of aliphatic carboxylic acids is 1. The second-order valence-corrected chi connectivity index (χ2v) is 10.4. The van der Waals surface area contributed by atoms with Crippen molar-refractivity contribution in [1.29, 1.82) is 0 Å². The van der Waals surface area contributed by atoms with Crippen molar-refractivity contribution in [2.45, 2.75) is 44.4 Å². The van der Waals surface area contributed by atoms with E-state index in [-0.39, 0.29) is 29.1 Å². The number of benzene rings is 3. The van der Waals surface area contributed by atoms with Crippen LogP contribution in [-0.4, -0.2) is 23.5 Å². The van der Waals surface area contributed by atoms with Crippen molar-refractivity contribution in [3.8, 4) is 5.75 Å². The predicted molar refractivity (Wildman–Crippen MR) is 148 cm³/mol. The summed E-state index contributed by atoms with van der Waals surface area (Å²) < 4.78 is 47.2. The summed E-state index contributed by atoms with van der Waals surface area (Å²) in [6.07, 6.45) is -4.21. The molecule has 0 aliphatic heterocycles. The van der Waals surface area contributed by atoms with Crippen molar-refractivity contribution in [3.63, 3.8) is 0 Å². The van der Waals surface area contributed by atoms with Gasteiger partial charge >= 0.3 is 12.1 Å². The highest BCUT2D eigenvalue weighted by molar-refractivity contribution is 9.10. The fourth-order valence-corrected chi connectivity index (χ4v) is 4.87. The molecule has 0 heterocycles. The third-order valence-corrected chi connectivity index (χ3v) is 7.47. The Balaban J connectivity index is 1.99. The highest BCUT2D eigenvalue weighted by atomic mass is 79.9. The first kappa shape index (κ1) is 30.8. The Hall–Kier alpha value is -2.75. The van der Waals surface area contributed by atoms with Crippen molar-refractivity contribution in [1.82, 2.24) is 5.32 Å². The molecular formula is C28H25BrCl2F3NO4. The van der Waals surface area contributed by atoms with Crippen LogP contribution >= 0.6 is 39.1 Å². The first-order valence-electron chi connectivity index (χ1n) is 12.0. The summed E-state index contributed by atoms with van der Waals surface area (Å²) in [7, 11) is 0. The Morgan fingerprint density at radius 2 is 1.64 bits per heavy atom. The molecule has 0 radical (unpaired) electrons. The number of carbonyl (C=O) groups is 2. The maximum Gasteiger partial charge on any atom is 0.418 e. The molecule has 0 aliphatic carbocycles. The van der Waals surface area contributed by atoms with E-state index < -0.39 is 34.7 Å². The third kappa shape index (κ3) is 8.37. The molecule has 208 valence electrons. The molecule has 0 fully saturated rings. The van der Waals surface area contributed by atoms with Crippen molar-refractivity contribution >= 4 is 51.0 Å². The molecule has 0 aliphatic rings. The minimum atomic E-state index is -4.68. The van der Waals surface area contributed by atoms with Crippen LogP contribution in [0.15, 0.2) is 65.1 Å². The third-order valence-electron chi connectivity index (χ3n) is 5.96. The van der Waals surface area contributed by atoms with Gasteiger partial charge in [0.1, 0.15) is 11.9 Å². The molecule has 2 N–H and O–H groups in total. The zero-order valence-corrected chi connectivity index (χ0v) is 23.8. The van der Waals surface area contributed by atoms with Crippen LogP contribution in [0.2, 0.25) is 10.0 Å². The van der Waals surface area contributed by atoms with E-state index in [1.807, 2.05) is 6.92 Å². The van der Waals surface area contributed by atoms with Crippen molar-refractivity contribution < 1.29 is 32.6 Å². The zero-order valence-electron chi connectivity index (χ0n) is 20.7. The van der Waals surface area contributed by atoms with Crippen molar-refractivity contribution in [2.24, 2.45) is 0 Å². The van der Waals surface area contributed by atoms with Crippen molar-refractivity contribution in [2.75, 3.05) is 6.54 Å². The minimum absolute atomic E-state index is 0.00256. The van der Waals surface area contributed by atoms with Gasteiger partial charge in [-0.2, -0.15) is 13.2 Å². The van der Waals surface area contributed by atoms with Gasteiger partial charge in [-0.25, -0.2) is 0 Å². The maximum absolute atomic E-state index is 13.6. The van der Waals surface area contributed by atoms with E-state index >= 15 is 0 Å². The molecule has 3 aromatic carbocycles. The van der Waals surface area contributed by atoms with Gasteiger partial charge in [0, 0.05) is 27.5 Å². The van der Waals surface area contributed by atoms with Gasteiger partial charge in [-0.15, -0.1) is 0 Å². The largest absolute Gasteiger partial charge is 0.485 e. The van der Waals surface area contributed by atoms with E-state index in [1.54, 1.807) is 48.5 Å². The Kier molecular flexibility index (Phi) is 10.7. The molecule has 39 heavy (non-hydrogen) atoms. The minimum Gasteiger partial charge on any atom is -0.485 e. The van der Waals surface area contributed by atoms with Crippen LogP contribution in [0.1, 0.15) is 65.3 Å². The monoisotopic (exact) mass is 645 g/mol. The number of amides is 1. The summed E-state index contributed by atoms with van der Waals surface area (Å²) in [5.74, 6) is -1.75. The highest BCUT2D eigenvalue weighted by Crippen LogP contribution is 2.44. The molecule has 5 nitrogen and oxygen atoms in total. The number of carbonyl (C=O) groups excluding carboxylic acids is 1. The molecule has 11 heteroatoms. The first-order valence-corrected chi connectivity index (χ1v) is 13.5. The Labute approximate surface area is 242 Å². The number of hydrogen-bond acceptors (Lipinski definition) is 3. The lowest BCUT2D eigenvalue weighted by Crippen LogP contribution is -2.26. The van der Waals surface area contributed by atoms with E-state index in [0.29, 0.717) is 22.6 Å². The molecule has 3 aromatic rings. The fourth-order valence-electron chi connectivity index (χ4n) is 4.09. The standard InChI is InChI=1S/C28H25BrCl2F3NO4/c1-2-3-21(16-4-6-18(7-5-16)27(38)35-13-12-24(36)37)26(17-8-10-19(30)11-9-17)39-20-14-22(28(32,33)34)25(31)23(29)15-20/h4-11,14-15,21,26H,2-3,12-13H2,1H3,(H,35,38)(H,36,37)/t21-,26?/m1/s1. The first-order chi connectivity index (χ1) is 18.4. The maximum atomic E-state index is 13.6. The van der Waals surface area contributed by atoms with Gasteiger partial charge in [0.2, 0.25) is 0 Å². The topological polar surface area (TPSA) is 75.6 Å². The molecule has 0 saturated heterocycles. The lowest BCUT2D eigenvalue weighted by atomic mass is 9.85. The van der Waals surface area contributed by atoms with Gasteiger partial charge in [0.05, 0.1) is 17.0 Å². The van der Waals surface area contributed by atoms with Crippen LogP contribution < -0.4 is 10.1 Å². The van der Waals surface area contributed by atoms with Gasteiger partial charge in [0.25, 0.3) is 5.91 Å². The molecule has 0 spiro atoms. The SMILES string of the molecule is CCC[C@H](c1ccc(C(=O)NCCC(=O)O)cc1)C(Oc1cc(Br)c(Cl)c(C(F)(F)F)c1)c1ccc(Cl)cc1. The van der Waals surface area contributed by atoms with Gasteiger partial charge in [-0.05, 0) is 69.9 Å². The van der Waals surface area contributed by atoms with Crippen LogP contribution in [-0.2, 0) is 11.0 Å². The lowest BCUT2D eigenvalue weighted by Gasteiger charge is -2.29. The lowest BCUT2D eigenvalue weighted by molar-refractivity contribution is -0.138. The summed E-state index contributed by atoms with van der Waals surface area (Å²) in [4.78, 5) is 23.1. The summed E-state index contributed by atoms with van der Waals surface area (Å²) in [5, 5.41) is 11.4. The molecule has 2 atom stereocenters. The average molecular weight is 647 g/mol. The smallest absolute Gasteiger partial charge is 0.418 e. The van der Waals surface area contributed by atoms with Crippen LogP contribution in [0, 0.1) is 0 Å². The van der Waals surface area contributed by atoms with E-state index in [1.165, 1.54) is 6.07 Å². The van der Waals surface area contributed by atoms with Gasteiger partial charge in [-0.3, -0.25) is 9.59 Å². The van der Waals surface area contributed by atoms with Gasteiger partial charge in [0.15, 0.2) is 0 Å². The van der Waals surface area contributed by atoms with Crippen LogP contribution in [0.4, 0.5) is 13.2 Å². The zero-order chi connectivity index (χ0) is 28.7. The Morgan fingerprint density at radius 1 is 1.03 bits per heavy atom. The van der Waals surface area contributed by atoms with E-state index in [9.17, 15) is 22.8 Å². The number of rotatable bonds is 11. The normalized spacial score (nSPS) is 13.0. The number of alkyl halides is 3. The van der Waals surface area contributed by atoms with Gasteiger partial charge in [-0.1, -0.05) is 60.8 Å². The Bertz CT molecular complexity index is 1300. The van der Waals surface area contributed by atoms with E-state index in [4.69, 9.17) is 33.0 Å². The molecular weight excluding hydrogens is 622 g/mol. The van der Waals surface area contributed by atoms with Crippen molar-refractivity contribution in [3.05, 3.63) is 97.4 Å².